The molecule has 4 nitrogen and oxygen atoms in total. The first-order chi connectivity index (χ1) is 10.0. The predicted octanol–water partition coefficient (Wildman–Crippen LogP) is 3.58. The lowest BCUT2D eigenvalue weighted by Gasteiger charge is -2.08. The smallest absolute Gasteiger partial charge is 0.227 e. The van der Waals surface area contributed by atoms with Crippen molar-refractivity contribution >= 4 is 33.2 Å². The van der Waals surface area contributed by atoms with Crippen LogP contribution in [0.15, 0.2) is 46.9 Å². The monoisotopic (exact) mass is 352 g/mol. The summed E-state index contributed by atoms with van der Waals surface area (Å²) in [4.78, 5) is 11.7. The van der Waals surface area contributed by atoms with E-state index >= 15 is 0 Å². The molecule has 0 atom stereocenters. The number of carbonyl (C=O) groups is 1. The summed E-state index contributed by atoms with van der Waals surface area (Å²) in [5.74, 6) is -0.0384. The molecule has 0 saturated carbocycles. The molecule has 21 heavy (non-hydrogen) atoms. The van der Waals surface area contributed by atoms with Crippen molar-refractivity contribution in [2.75, 3.05) is 17.7 Å². The van der Waals surface area contributed by atoms with Gasteiger partial charge in [0.25, 0.3) is 0 Å². The van der Waals surface area contributed by atoms with Gasteiger partial charge in [0.05, 0.1) is 17.5 Å². The molecule has 6 heteroatoms. The minimum Gasteiger partial charge on any atom is -0.493 e. The van der Waals surface area contributed by atoms with Crippen molar-refractivity contribution in [2.24, 2.45) is 0 Å². The Morgan fingerprint density at radius 1 is 1.29 bits per heavy atom. The molecule has 0 saturated heterocycles. The van der Waals surface area contributed by atoms with Crippen LogP contribution in [-0.2, 0) is 4.79 Å². The van der Waals surface area contributed by atoms with Gasteiger partial charge in [-0.05, 0) is 52.3 Å². The summed E-state index contributed by atoms with van der Waals surface area (Å²) in [6, 6.07) is 11.3. The normalized spacial score (nSPS) is 10.2. The maximum Gasteiger partial charge on any atom is 0.227 e. The van der Waals surface area contributed by atoms with Crippen molar-refractivity contribution in [2.45, 2.75) is 6.42 Å². The van der Waals surface area contributed by atoms with E-state index in [1.165, 1.54) is 18.2 Å². The average Bonchev–Trinajstić information content (AvgIpc) is 2.43. The van der Waals surface area contributed by atoms with Crippen LogP contribution in [0.2, 0.25) is 0 Å². The topological polar surface area (TPSA) is 64.3 Å². The Labute approximate surface area is 130 Å². The van der Waals surface area contributed by atoms with Gasteiger partial charge in [-0.25, -0.2) is 4.39 Å². The van der Waals surface area contributed by atoms with E-state index in [2.05, 4.69) is 21.2 Å². The van der Waals surface area contributed by atoms with Gasteiger partial charge < -0.3 is 15.8 Å². The summed E-state index contributed by atoms with van der Waals surface area (Å²) >= 11 is 3.07. The fraction of sp³-hybridized carbons (Fsp3) is 0.133. The molecular weight excluding hydrogens is 339 g/mol. The van der Waals surface area contributed by atoms with Crippen LogP contribution in [0.25, 0.3) is 0 Å². The summed E-state index contributed by atoms with van der Waals surface area (Å²) in [5, 5.41) is 2.72. The maximum atomic E-state index is 13.0. The van der Waals surface area contributed by atoms with E-state index in [0.29, 0.717) is 21.6 Å². The molecule has 2 aromatic rings. The second kappa shape index (κ2) is 7.08. The largest absolute Gasteiger partial charge is 0.493 e. The minimum absolute atomic E-state index is 0.179. The van der Waals surface area contributed by atoms with Gasteiger partial charge in [-0.2, -0.15) is 0 Å². The highest BCUT2D eigenvalue weighted by atomic mass is 79.9. The van der Waals surface area contributed by atoms with Crippen molar-refractivity contribution < 1.29 is 13.9 Å². The maximum absolute atomic E-state index is 13.0. The van der Waals surface area contributed by atoms with E-state index in [-0.39, 0.29) is 24.8 Å². The lowest BCUT2D eigenvalue weighted by molar-refractivity contribution is -0.116. The molecular formula is C15H14BrFN2O2. The molecule has 0 aliphatic rings. The van der Waals surface area contributed by atoms with E-state index in [4.69, 9.17) is 10.5 Å². The molecule has 2 aromatic carbocycles. The Hall–Kier alpha value is -2.08. The highest BCUT2D eigenvalue weighted by molar-refractivity contribution is 9.10. The zero-order chi connectivity index (χ0) is 15.2. The Morgan fingerprint density at radius 2 is 2.10 bits per heavy atom. The van der Waals surface area contributed by atoms with Gasteiger partial charge in [-0.1, -0.05) is 6.07 Å². The molecule has 2 rings (SSSR count). The molecule has 0 unspecified atom stereocenters. The second-order valence-corrected chi connectivity index (χ2v) is 5.20. The number of hydrogen-bond donors (Lipinski definition) is 2. The first-order valence-corrected chi connectivity index (χ1v) is 7.07. The summed E-state index contributed by atoms with van der Waals surface area (Å²) in [6.07, 6.45) is 0.184. The molecule has 0 aromatic heterocycles. The Bertz CT molecular complexity index is 649. The van der Waals surface area contributed by atoms with Crippen LogP contribution < -0.4 is 15.8 Å². The van der Waals surface area contributed by atoms with E-state index in [1.807, 2.05) is 0 Å². The number of ether oxygens (including phenoxy) is 1. The van der Waals surface area contributed by atoms with E-state index < -0.39 is 0 Å². The van der Waals surface area contributed by atoms with Crippen molar-refractivity contribution in [1.82, 2.24) is 0 Å². The SMILES string of the molecule is Nc1cccc(NC(=O)CCOc2ccc(F)c(Br)c2)c1. The highest BCUT2D eigenvalue weighted by Gasteiger charge is 2.05. The zero-order valence-corrected chi connectivity index (χ0v) is 12.7. The van der Waals surface area contributed by atoms with Gasteiger partial charge in [0.2, 0.25) is 5.91 Å². The Morgan fingerprint density at radius 3 is 2.81 bits per heavy atom. The first-order valence-electron chi connectivity index (χ1n) is 6.28. The number of nitrogens with one attached hydrogen (secondary N) is 1. The van der Waals surface area contributed by atoms with Gasteiger partial charge in [-0.15, -0.1) is 0 Å². The number of hydrogen-bond acceptors (Lipinski definition) is 3. The number of anilines is 2. The molecule has 0 fully saturated rings. The molecule has 110 valence electrons. The molecule has 0 heterocycles. The molecule has 0 bridgehead atoms. The van der Waals surface area contributed by atoms with Crippen LogP contribution in [-0.4, -0.2) is 12.5 Å². The second-order valence-electron chi connectivity index (χ2n) is 4.35. The quantitative estimate of drug-likeness (QED) is 0.808. The third-order valence-electron chi connectivity index (χ3n) is 2.66. The number of amides is 1. The fourth-order valence-corrected chi connectivity index (χ4v) is 2.03. The number of nitrogens with two attached hydrogens (primary N) is 1. The van der Waals surface area contributed by atoms with Crippen LogP contribution in [0.5, 0.6) is 5.75 Å². The molecule has 0 radical (unpaired) electrons. The van der Waals surface area contributed by atoms with Gasteiger partial charge in [0.15, 0.2) is 0 Å². The van der Waals surface area contributed by atoms with Gasteiger partial charge in [-0.3, -0.25) is 4.79 Å². The summed E-state index contributed by atoms with van der Waals surface area (Å²) in [5.41, 5.74) is 6.85. The number of benzene rings is 2. The number of carbonyl (C=O) groups excluding carboxylic acids is 1. The van der Waals surface area contributed by atoms with Crippen molar-refractivity contribution in [1.29, 1.82) is 0 Å². The van der Waals surface area contributed by atoms with E-state index in [9.17, 15) is 9.18 Å². The summed E-state index contributed by atoms with van der Waals surface area (Å²) in [6.45, 7) is 0.201. The molecule has 3 N–H and O–H groups in total. The number of rotatable bonds is 5. The fourth-order valence-electron chi connectivity index (χ4n) is 1.67. The van der Waals surface area contributed by atoms with Crippen LogP contribution in [0.4, 0.5) is 15.8 Å². The lowest BCUT2D eigenvalue weighted by atomic mass is 10.2. The Kier molecular flexibility index (Phi) is 5.16. The lowest BCUT2D eigenvalue weighted by Crippen LogP contribution is -2.15. The van der Waals surface area contributed by atoms with E-state index in [0.717, 1.165) is 0 Å². The highest BCUT2D eigenvalue weighted by Crippen LogP contribution is 2.21. The van der Waals surface area contributed by atoms with Crippen molar-refractivity contribution in [3.63, 3.8) is 0 Å². The minimum atomic E-state index is -0.359. The number of nitrogen functional groups attached to an aromatic ring is 1. The van der Waals surface area contributed by atoms with E-state index in [1.54, 1.807) is 24.3 Å². The summed E-state index contributed by atoms with van der Waals surface area (Å²) in [7, 11) is 0. The van der Waals surface area contributed by atoms with Gasteiger partial charge in [0, 0.05) is 11.4 Å². The van der Waals surface area contributed by atoms with Crippen LogP contribution in [0, 0.1) is 5.82 Å². The van der Waals surface area contributed by atoms with Gasteiger partial charge >= 0.3 is 0 Å². The van der Waals surface area contributed by atoms with Crippen LogP contribution in [0.3, 0.4) is 0 Å². The van der Waals surface area contributed by atoms with Crippen molar-refractivity contribution in [3.8, 4) is 5.75 Å². The van der Waals surface area contributed by atoms with Gasteiger partial charge in [0.1, 0.15) is 11.6 Å². The predicted molar refractivity (Wildman–Crippen MR) is 83.7 cm³/mol. The standard InChI is InChI=1S/C15H14BrFN2O2/c16-13-9-12(4-5-14(13)17)21-7-6-15(20)19-11-3-1-2-10(18)8-11/h1-5,8-9H,6-7,18H2,(H,19,20). The molecule has 0 aliphatic heterocycles. The Balaban J connectivity index is 1.80. The number of halogens is 2. The molecule has 0 spiro atoms. The first kappa shape index (κ1) is 15.3. The molecule has 1 amide bonds. The third kappa shape index (κ3) is 4.75. The van der Waals surface area contributed by atoms with Crippen LogP contribution in [0.1, 0.15) is 6.42 Å². The van der Waals surface area contributed by atoms with Crippen LogP contribution >= 0.6 is 15.9 Å². The third-order valence-corrected chi connectivity index (χ3v) is 3.27. The average molecular weight is 353 g/mol. The summed E-state index contributed by atoms with van der Waals surface area (Å²) < 4.78 is 18.8. The zero-order valence-electron chi connectivity index (χ0n) is 11.1. The van der Waals surface area contributed by atoms with Crippen molar-refractivity contribution in [3.05, 3.63) is 52.8 Å². The molecule has 0 aliphatic carbocycles.